The predicted molar refractivity (Wildman–Crippen MR) is 149 cm³/mol. The van der Waals surface area contributed by atoms with Crippen molar-refractivity contribution >= 4 is 33.2 Å². The number of hydrogen-bond donors (Lipinski definition) is 2. The molecule has 2 aliphatic heterocycles. The second-order valence-corrected chi connectivity index (χ2v) is 13.2. The minimum atomic E-state index is -4.01. The number of rotatable bonds is 0. The number of nitrogens with one attached hydrogen (secondary N) is 1. The molecule has 1 saturated carbocycles. The van der Waals surface area contributed by atoms with Gasteiger partial charge in [-0.1, -0.05) is 17.7 Å². The normalized spacial score (nSPS) is 31.1. The van der Waals surface area contributed by atoms with Gasteiger partial charge in [0.05, 0.1) is 31.6 Å². The van der Waals surface area contributed by atoms with Crippen LogP contribution in [0.15, 0.2) is 47.9 Å². The van der Waals surface area contributed by atoms with Crippen LogP contribution < -0.4 is 14.4 Å². The Morgan fingerprint density at radius 2 is 2.03 bits per heavy atom. The van der Waals surface area contributed by atoms with Crippen LogP contribution in [0.5, 0.6) is 5.75 Å². The molecular weight excluding hydrogens is 540 g/mol. The molecule has 2 N–H and O–H groups in total. The van der Waals surface area contributed by atoms with E-state index in [-0.39, 0.29) is 36.0 Å². The summed E-state index contributed by atoms with van der Waals surface area (Å²) >= 11 is 6.35. The van der Waals surface area contributed by atoms with Gasteiger partial charge < -0.3 is 19.5 Å². The Morgan fingerprint density at radius 1 is 1.15 bits per heavy atom. The number of aliphatic hydroxyl groups is 1. The minimum absolute atomic E-state index is 0.0256. The summed E-state index contributed by atoms with van der Waals surface area (Å²) in [5.41, 5.74) is 3.21. The van der Waals surface area contributed by atoms with Gasteiger partial charge in [-0.25, -0.2) is 13.1 Å². The van der Waals surface area contributed by atoms with Crippen LogP contribution in [0.2, 0.25) is 5.02 Å². The number of amides is 1. The molecule has 2 aromatic carbocycles. The summed E-state index contributed by atoms with van der Waals surface area (Å²) in [4.78, 5) is 15.3. The van der Waals surface area contributed by atoms with Crippen molar-refractivity contribution in [3.05, 3.63) is 69.6 Å². The molecule has 6 rings (SSSR count). The van der Waals surface area contributed by atoms with Gasteiger partial charge in [-0.15, -0.1) is 0 Å². The predicted octanol–water partition coefficient (Wildman–Crippen LogP) is 3.80. The lowest BCUT2D eigenvalue weighted by Crippen LogP contribution is -2.50. The summed E-state index contributed by atoms with van der Waals surface area (Å²) in [6.45, 7) is 2.00. The lowest BCUT2D eigenvalue weighted by Gasteiger charge is -2.45. The van der Waals surface area contributed by atoms with Gasteiger partial charge in [0.15, 0.2) is 0 Å². The summed E-state index contributed by atoms with van der Waals surface area (Å²) in [7, 11) is -4.01. The van der Waals surface area contributed by atoms with Crippen LogP contribution in [0.25, 0.3) is 0 Å². The number of carbonyl (C=O) groups is 1. The van der Waals surface area contributed by atoms with E-state index in [1.807, 2.05) is 6.07 Å². The molecule has 0 unspecified atom stereocenters. The Hall–Kier alpha value is -2.59. The third-order valence-corrected chi connectivity index (χ3v) is 9.99. The lowest BCUT2D eigenvalue weighted by molar-refractivity contribution is -0.0367. The summed E-state index contributed by atoms with van der Waals surface area (Å²) in [6, 6.07) is 11.2. The van der Waals surface area contributed by atoms with E-state index < -0.39 is 22.0 Å². The van der Waals surface area contributed by atoms with Gasteiger partial charge in [0.2, 0.25) is 0 Å². The van der Waals surface area contributed by atoms with Crippen molar-refractivity contribution in [2.24, 2.45) is 11.8 Å². The van der Waals surface area contributed by atoms with E-state index in [1.54, 1.807) is 18.2 Å². The fourth-order valence-corrected chi connectivity index (χ4v) is 7.61. The zero-order valence-corrected chi connectivity index (χ0v) is 23.2. The average molecular weight is 573 g/mol. The molecule has 4 atom stereocenters. The molecular formula is C29H33ClN2O6S. The number of ether oxygens (including phenoxy) is 2. The monoisotopic (exact) mass is 572 g/mol. The largest absolute Gasteiger partial charge is 0.490 e. The van der Waals surface area contributed by atoms with E-state index in [9.17, 15) is 18.3 Å². The standard InChI is InChI=1S/C29H33ClN2O6S/c30-22-6-8-24-19(13-22)3-1-10-29(24)17-32-15-21-4-7-23(21)26(33)16-37-11-2-12-39(35,36)31-28(34)20-5-9-27(38-18-29)25(32)14-20/h2,5-6,8-9,12-14,21,23,26,33H,1,3-4,7,10-11,15-18H2,(H,31,34)/b12-2+/t21-,23+,26-,29-/m0/s1. The van der Waals surface area contributed by atoms with E-state index in [4.69, 9.17) is 21.1 Å². The number of carbonyl (C=O) groups excluding carboxylic acids is 1. The second kappa shape index (κ2) is 10.4. The first-order chi connectivity index (χ1) is 18.7. The van der Waals surface area contributed by atoms with Crippen LogP contribution in [0.4, 0.5) is 5.69 Å². The van der Waals surface area contributed by atoms with Crippen molar-refractivity contribution in [3.63, 3.8) is 0 Å². The number of sulfonamides is 1. The maximum atomic E-state index is 13.0. The number of halogens is 1. The van der Waals surface area contributed by atoms with Crippen molar-refractivity contribution in [1.29, 1.82) is 0 Å². The highest BCUT2D eigenvalue weighted by Gasteiger charge is 2.44. The number of hydrogen-bond acceptors (Lipinski definition) is 7. The molecule has 2 aromatic rings. The Bertz CT molecular complexity index is 1410. The fourth-order valence-electron chi connectivity index (χ4n) is 6.63. The van der Waals surface area contributed by atoms with Crippen LogP contribution in [0.1, 0.15) is 47.2 Å². The molecule has 1 spiro atoms. The summed E-state index contributed by atoms with van der Waals surface area (Å²) in [6.07, 6.45) is 5.53. The Labute approximate surface area is 234 Å². The number of anilines is 1. The fraction of sp³-hybridized carbons (Fsp3) is 0.483. The number of aryl methyl sites for hydroxylation is 1. The number of nitrogens with zero attached hydrogens (tertiary/aromatic N) is 1. The van der Waals surface area contributed by atoms with Crippen molar-refractivity contribution < 1.29 is 27.8 Å². The molecule has 1 amide bonds. The first-order valence-electron chi connectivity index (χ1n) is 13.5. The molecule has 0 saturated heterocycles. The van der Waals surface area contributed by atoms with Gasteiger partial charge in [0, 0.05) is 34.5 Å². The van der Waals surface area contributed by atoms with Crippen LogP contribution in [0.3, 0.4) is 0 Å². The van der Waals surface area contributed by atoms with E-state index in [2.05, 4.69) is 21.8 Å². The summed E-state index contributed by atoms with van der Waals surface area (Å²) in [5.74, 6) is 0.288. The number of fused-ring (bicyclic) bond motifs is 4. The molecule has 2 heterocycles. The quantitative estimate of drug-likeness (QED) is 0.495. The molecule has 4 aliphatic rings. The van der Waals surface area contributed by atoms with Crippen molar-refractivity contribution in [2.75, 3.05) is 37.8 Å². The highest BCUT2D eigenvalue weighted by molar-refractivity contribution is 7.92. The summed E-state index contributed by atoms with van der Waals surface area (Å²) in [5, 5.41) is 12.5. The minimum Gasteiger partial charge on any atom is -0.490 e. The van der Waals surface area contributed by atoms with Gasteiger partial charge in [-0.3, -0.25) is 4.79 Å². The molecule has 0 radical (unpaired) electrons. The molecule has 2 aliphatic carbocycles. The van der Waals surface area contributed by atoms with Crippen LogP contribution >= 0.6 is 11.6 Å². The second-order valence-electron chi connectivity index (χ2n) is 11.2. The van der Waals surface area contributed by atoms with E-state index in [0.29, 0.717) is 25.4 Å². The van der Waals surface area contributed by atoms with Crippen LogP contribution in [-0.2, 0) is 26.6 Å². The van der Waals surface area contributed by atoms with Gasteiger partial charge >= 0.3 is 0 Å². The zero-order chi connectivity index (χ0) is 27.2. The van der Waals surface area contributed by atoms with E-state index >= 15 is 0 Å². The highest BCUT2D eigenvalue weighted by atomic mass is 35.5. The third kappa shape index (κ3) is 5.29. The average Bonchev–Trinajstić information content (AvgIpc) is 3.02. The molecule has 8 nitrogen and oxygen atoms in total. The van der Waals surface area contributed by atoms with Crippen molar-refractivity contribution in [2.45, 2.75) is 43.6 Å². The Morgan fingerprint density at radius 3 is 2.85 bits per heavy atom. The summed E-state index contributed by atoms with van der Waals surface area (Å²) < 4.78 is 39.1. The Balaban J connectivity index is 1.42. The molecule has 208 valence electrons. The van der Waals surface area contributed by atoms with E-state index in [0.717, 1.165) is 48.2 Å². The third-order valence-electron chi connectivity index (χ3n) is 8.74. The topological polar surface area (TPSA) is 105 Å². The van der Waals surface area contributed by atoms with Gasteiger partial charge in [0.1, 0.15) is 5.75 Å². The molecule has 39 heavy (non-hydrogen) atoms. The first kappa shape index (κ1) is 26.6. The zero-order valence-electron chi connectivity index (χ0n) is 21.6. The number of aliphatic hydroxyl groups excluding tert-OH is 1. The molecule has 10 heteroatoms. The molecule has 0 aromatic heterocycles. The smallest absolute Gasteiger partial charge is 0.265 e. The van der Waals surface area contributed by atoms with E-state index in [1.165, 1.54) is 17.2 Å². The Kier molecular flexibility index (Phi) is 7.12. The highest BCUT2D eigenvalue weighted by Crippen LogP contribution is 2.46. The van der Waals surface area contributed by atoms with Crippen molar-refractivity contribution in [1.82, 2.24) is 4.72 Å². The number of benzene rings is 2. The van der Waals surface area contributed by atoms with Crippen molar-refractivity contribution in [3.8, 4) is 5.75 Å². The maximum Gasteiger partial charge on any atom is 0.265 e. The molecule has 1 fully saturated rings. The van der Waals surface area contributed by atoms with Crippen LogP contribution in [0, 0.1) is 11.8 Å². The lowest BCUT2D eigenvalue weighted by atomic mass is 9.68. The van der Waals surface area contributed by atoms with Gasteiger partial charge in [-0.05, 0) is 91.5 Å². The van der Waals surface area contributed by atoms with Crippen LogP contribution in [-0.4, -0.2) is 58.4 Å². The molecule has 2 bridgehead atoms. The SMILES string of the molecule is O=C1NS(=O)(=O)/C=C/COC[C@H](O)[C@@H]2CC[C@H]2CN2C[C@@]3(CCCc4cc(Cl)ccc43)COc3ccc1cc32. The first-order valence-corrected chi connectivity index (χ1v) is 15.5. The van der Waals surface area contributed by atoms with Gasteiger partial charge in [-0.2, -0.15) is 0 Å². The maximum absolute atomic E-state index is 13.0. The van der Waals surface area contributed by atoms with Gasteiger partial charge in [0.25, 0.3) is 15.9 Å².